The molecule has 1 aromatic heterocycles. The van der Waals surface area contributed by atoms with Crippen LogP contribution in [0.15, 0.2) is 17.1 Å². The van der Waals surface area contributed by atoms with Crippen LogP contribution >= 0.6 is 43.2 Å². The Hall–Kier alpha value is -0.580. The van der Waals surface area contributed by atoms with E-state index in [1.807, 2.05) is 20.8 Å². The van der Waals surface area contributed by atoms with Crippen LogP contribution in [-0.2, 0) is 23.1 Å². The zero-order valence-corrected chi connectivity index (χ0v) is 20.1. The van der Waals surface area contributed by atoms with E-state index in [2.05, 4.69) is 4.98 Å². The highest BCUT2D eigenvalue weighted by molar-refractivity contribution is 8.13. The van der Waals surface area contributed by atoms with Gasteiger partial charge in [-0.2, -0.15) is 4.98 Å². The number of thioether (sulfide) groups is 1. The van der Waals surface area contributed by atoms with Crippen molar-refractivity contribution in [2.75, 3.05) is 19.0 Å². The molecule has 13 heteroatoms. The largest absolute Gasteiger partial charge is 0.697 e. The molecule has 2 rings (SSSR count). The van der Waals surface area contributed by atoms with Crippen LogP contribution in [0.5, 0.6) is 0 Å². The minimum absolute atomic E-state index is 0.00262. The lowest BCUT2D eigenvalue weighted by atomic mass is 10.00. The molecule has 0 amide bonds. The van der Waals surface area contributed by atoms with Crippen LogP contribution < -0.4 is 5.69 Å². The number of aliphatic hydroxyl groups is 1. The van der Waals surface area contributed by atoms with E-state index in [0.29, 0.717) is 11.4 Å². The maximum Gasteiger partial charge on any atom is 0.697 e. The third-order valence-electron chi connectivity index (χ3n) is 4.07. The van der Waals surface area contributed by atoms with Gasteiger partial charge in [0.25, 0.3) is 0 Å². The van der Waals surface area contributed by atoms with Gasteiger partial charge < -0.3 is 9.84 Å². The summed E-state index contributed by atoms with van der Waals surface area (Å²) in [5.74, 6) is 0.320. The van der Waals surface area contributed by atoms with Gasteiger partial charge in [-0.15, -0.1) is 9.05 Å². The molecule has 1 aromatic rings. The SMILES string of the molecule is Cc1ccn([C@@H]2O[C@H](CO[P+](=O)OCCSC(=O)C(C)(C)C)[C@@H](O)C2(Cl)Cl)c(=O)n1. The molecule has 1 aliphatic rings. The predicted molar refractivity (Wildman–Crippen MR) is 114 cm³/mol. The Morgan fingerprint density at radius 1 is 1.43 bits per heavy atom. The van der Waals surface area contributed by atoms with Gasteiger partial charge in [0.15, 0.2) is 15.7 Å². The number of nitrogens with zero attached hydrogens (tertiary/aromatic N) is 2. The monoisotopic (exact) mass is 501 g/mol. The molecule has 0 aliphatic carbocycles. The standard InChI is InChI=1S/C17H24Cl2N2O7PS/c1-10-5-6-21(15(24)20-10)13-17(18,19)12(22)11(28-13)9-27-29(25)26-7-8-30-14(23)16(2,3)4/h5-6,11-13,22H,7-9H2,1-4H3/q+1/t11-,12-,13-/m1/s1. The fourth-order valence-electron chi connectivity index (χ4n) is 2.42. The minimum atomic E-state index is -2.52. The summed E-state index contributed by atoms with van der Waals surface area (Å²) in [4.78, 5) is 27.7. The first-order valence-electron chi connectivity index (χ1n) is 9.01. The van der Waals surface area contributed by atoms with Gasteiger partial charge in [-0.25, -0.2) is 4.79 Å². The summed E-state index contributed by atoms with van der Waals surface area (Å²) in [5.41, 5.74) is -0.613. The van der Waals surface area contributed by atoms with Gasteiger partial charge in [0, 0.05) is 27.6 Å². The maximum absolute atomic E-state index is 12.1. The Kier molecular flexibility index (Phi) is 8.87. The Bertz CT molecular complexity index is 846. The van der Waals surface area contributed by atoms with E-state index < -0.39 is 42.1 Å². The lowest BCUT2D eigenvalue weighted by Gasteiger charge is -2.23. The average Bonchev–Trinajstić information content (AvgIpc) is 2.86. The molecule has 9 nitrogen and oxygen atoms in total. The highest BCUT2D eigenvalue weighted by Crippen LogP contribution is 2.46. The molecule has 0 spiro atoms. The molecule has 1 N–H and O–H groups in total. The fraction of sp³-hybridized carbons (Fsp3) is 0.706. The van der Waals surface area contributed by atoms with Crippen LogP contribution in [0.3, 0.4) is 0 Å². The summed E-state index contributed by atoms with van der Waals surface area (Å²) in [6, 6.07) is 1.57. The van der Waals surface area contributed by atoms with E-state index in [4.69, 9.17) is 37.0 Å². The second-order valence-electron chi connectivity index (χ2n) is 7.64. The summed E-state index contributed by atoms with van der Waals surface area (Å²) in [7, 11) is -2.52. The summed E-state index contributed by atoms with van der Waals surface area (Å²) in [6.07, 6.45) is -2.30. The van der Waals surface area contributed by atoms with Crippen molar-refractivity contribution in [3.63, 3.8) is 0 Å². The zero-order chi connectivity index (χ0) is 22.7. The molecule has 1 saturated heterocycles. The van der Waals surface area contributed by atoms with Crippen molar-refractivity contribution >= 4 is 48.3 Å². The quantitative estimate of drug-likeness (QED) is 0.325. The molecular weight excluding hydrogens is 478 g/mol. The first kappa shape index (κ1) is 25.7. The molecule has 0 bridgehead atoms. The fourth-order valence-corrected chi connectivity index (χ4v) is 4.50. The molecule has 0 saturated carbocycles. The topological polar surface area (TPSA) is 117 Å². The number of aromatic nitrogens is 2. The maximum atomic E-state index is 12.1. The summed E-state index contributed by atoms with van der Waals surface area (Å²) in [6.45, 7) is 6.77. The van der Waals surface area contributed by atoms with E-state index >= 15 is 0 Å². The molecule has 0 aromatic carbocycles. The Morgan fingerprint density at radius 2 is 2.10 bits per heavy atom. The molecule has 30 heavy (non-hydrogen) atoms. The third-order valence-corrected chi connectivity index (χ3v) is 6.89. The van der Waals surface area contributed by atoms with Gasteiger partial charge in [0.2, 0.25) is 0 Å². The van der Waals surface area contributed by atoms with Crippen LogP contribution in [0.25, 0.3) is 0 Å². The van der Waals surface area contributed by atoms with Gasteiger partial charge in [-0.3, -0.25) is 9.36 Å². The second-order valence-corrected chi connectivity index (χ2v) is 11.1. The van der Waals surface area contributed by atoms with Crippen LogP contribution in [0.2, 0.25) is 0 Å². The number of halogens is 2. The number of hydrogen-bond donors (Lipinski definition) is 1. The van der Waals surface area contributed by atoms with E-state index in [9.17, 15) is 19.3 Å². The number of aliphatic hydroxyl groups excluding tert-OH is 1. The van der Waals surface area contributed by atoms with Gasteiger partial charge in [0.05, 0.1) is 0 Å². The van der Waals surface area contributed by atoms with E-state index in [1.165, 1.54) is 6.20 Å². The lowest BCUT2D eigenvalue weighted by Crippen LogP contribution is -2.40. The van der Waals surface area contributed by atoms with Gasteiger partial charge >= 0.3 is 13.9 Å². The minimum Gasteiger partial charge on any atom is -0.387 e. The van der Waals surface area contributed by atoms with Crippen molar-refractivity contribution in [1.29, 1.82) is 0 Å². The highest BCUT2D eigenvalue weighted by Gasteiger charge is 2.56. The average molecular weight is 502 g/mol. The van der Waals surface area contributed by atoms with Crippen molar-refractivity contribution < 1.29 is 28.3 Å². The van der Waals surface area contributed by atoms with Crippen molar-refractivity contribution in [2.24, 2.45) is 5.41 Å². The van der Waals surface area contributed by atoms with Crippen molar-refractivity contribution in [3.8, 4) is 0 Å². The summed E-state index contributed by atoms with van der Waals surface area (Å²) >= 11 is 13.5. The highest BCUT2D eigenvalue weighted by atomic mass is 35.5. The van der Waals surface area contributed by atoms with Crippen molar-refractivity contribution in [1.82, 2.24) is 9.55 Å². The molecular formula is C17H24Cl2N2O7PS+. The zero-order valence-electron chi connectivity index (χ0n) is 16.9. The Morgan fingerprint density at radius 3 is 2.70 bits per heavy atom. The molecule has 0 radical (unpaired) electrons. The number of hydrogen-bond acceptors (Lipinski definition) is 9. The second kappa shape index (κ2) is 10.4. The normalized spacial score (nSPS) is 24.1. The Balaban J connectivity index is 1.86. The van der Waals surface area contributed by atoms with Crippen LogP contribution in [0.4, 0.5) is 0 Å². The van der Waals surface area contributed by atoms with E-state index in [-0.39, 0.29) is 18.3 Å². The number of alkyl halides is 2. The number of carbonyl (C=O) groups excluding carboxylic acids is 1. The van der Waals surface area contributed by atoms with E-state index in [0.717, 1.165) is 16.3 Å². The Labute approximate surface area is 189 Å². The predicted octanol–water partition coefficient (Wildman–Crippen LogP) is 2.98. The molecule has 2 heterocycles. The van der Waals surface area contributed by atoms with Crippen molar-refractivity contribution in [2.45, 2.75) is 50.5 Å². The summed E-state index contributed by atoms with van der Waals surface area (Å²) < 4.78 is 26.8. The van der Waals surface area contributed by atoms with Gasteiger partial charge in [-0.1, -0.05) is 55.7 Å². The first-order chi connectivity index (χ1) is 13.8. The summed E-state index contributed by atoms with van der Waals surface area (Å²) in [5, 5.41) is 10.4. The number of aryl methyl sites for hydroxylation is 1. The van der Waals surface area contributed by atoms with Crippen LogP contribution in [0.1, 0.15) is 32.7 Å². The molecule has 1 fully saturated rings. The number of ether oxygens (including phenoxy) is 1. The van der Waals surface area contributed by atoms with Gasteiger partial charge in [0.1, 0.15) is 25.4 Å². The smallest absolute Gasteiger partial charge is 0.387 e. The van der Waals surface area contributed by atoms with Crippen LogP contribution in [0, 0.1) is 12.3 Å². The van der Waals surface area contributed by atoms with Gasteiger partial charge in [-0.05, 0) is 13.0 Å². The molecule has 1 aliphatic heterocycles. The molecule has 4 atom stereocenters. The van der Waals surface area contributed by atoms with Crippen LogP contribution in [-0.4, -0.2) is 55.3 Å². The number of rotatable bonds is 8. The molecule has 1 unspecified atom stereocenters. The number of carbonyl (C=O) groups is 1. The van der Waals surface area contributed by atoms with Crippen molar-refractivity contribution in [3.05, 3.63) is 28.4 Å². The molecule has 168 valence electrons. The first-order valence-corrected chi connectivity index (χ1v) is 11.8. The lowest BCUT2D eigenvalue weighted by molar-refractivity contribution is -0.117. The van der Waals surface area contributed by atoms with E-state index in [1.54, 1.807) is 13.0 Å². The third kappa shape index (κ3) is 6.46.